The molecule has 0 aliphatic heterocycles. The molecule has 2 nitrogen and oxygen atoms in total. The lowest BCUT2D eigenvalue weighted by Crippen LogP contribution is -2.25. The van der Waals surface area contributed by atoms with Gasteiger partial charge in [-0.05, 0) is 62.2 Å². The average Bonchev–Trinajstić information content (AvgIpc) is 2.45. The minimum absolute atomic E-state index is 0.324. The van der Waals surface area contributed by atoms with E-state index in [1.165, 1.54) is 12.1 Å². The second kappa shape index (κ2) is 5.99. The molecule has 0 saturated carbocycles. The van der Waals surface area contributed by atoms with Crippen LogP contribution in [-0.2, 0) is 4.79 Å². The predicted octanol–water partition coefficient (Wildman–Crippen LogP) is 5.61. The number of fused-ring (bicyclic) bond motifs is 1. The van der Waals surface area contributed by atoms with Crippen LogP contribution in [0.3, 0.4) is 0 Å². The largest absolute Gasteiger partial charge is 0.426 e. The van der Waals surface area contributed by atoms with Gasteiger partial charge in [0.2, 0.25) is 0 Å². The summed E-state index contributed by atoms with van der Waals surface area (Å²) in [6, 6.07) is 6.51. The molecule has 23 heavy (non-hydrogen) atoms. The van der Waals surface area contributed by atoms with Gasteiger partial charge in [-0.3, -0.25) is 4.79 Å². The summed E-state index contributed by atoms with van der Waals surface area (Å²) in [5.41, 5.74) is 1.33. The lowest BCUT2D eigenvalue weighted by molar-refractivity contribution is -0.142. The Labute approximate surface area is 136 Å². The van der Waals surface area contributed by atoms with Crippen LogP contribution in [0.15, 0.2) is 37.4 Å². The Morgan fingerprint density at radius 3 is 2.43 bits per heavy atom. The van der Waals surface area contributed by atoms with Gasteiger partial charge in [-0.2, -0.15) is 0 Å². The molecule has 0 unspecified atom stereocenters. The Morgan fingerprint density at radius 1 is 1.26 bits per heavy atom. The number of hydrogen-bond acceptors (Lipinski definition) is 2. The summed E-state index contributed by atoms with van der Waals surface area (Å²) in [4.78, 5) is 12.1. The highest BCUT2D eigenvalue weighted by molar-refractivity contribution is 6.00. The van der Waals surface area contributed by atoms with Gasteiger partial charge in [0, 0.05) is 5.56 Å². The lowest BCUT2D eigenvalue weighted by atomic mass is 9.94. The average molecular weight is 312 g/mol. The van der Waals surface area contributed by atoms with E-state index in [0.29, 0.717) is 11.3 Å². The van der Waals surface area contributed by atoms with Crippen molar-refractivity contribution in [1.29, 1.82) is 0 Å². The number of halogens is 1. The highest BCUT2D eigenvalue weighted by Crippen LogP contribution is 2.34. The molecule has 0 aliphatic rings. The Hall–Kier alpha value is -2.42. The van der Waals surface area contributed by atoms with Crippen molar-refractivity contribution >= 4 is 28.4 Å². The van der Waals surface area contributed by atoms with E-state index in [2.05, 4.69) is 13.2 Å². The van der Waals surface area contributed by atoms with Crippen LogP contribution < -0.4 is 4.74 Å². The normalized spacial score (nSPS) is 11.3. The molecule has 0 bridgehead atoms. The predicted molar refractivity (Wildman–Crippen MR) is 93.8 cm³/mol. The van der Waals surface area contributed by atoms with Crippen molar-refractivity contribution in [2.75, 3.05) is 0 Å². The maximum Gasteiger partial charge on any atom is 0.316 e. The highest BCUT2D eigenvalue weighted by Gasteiger charge is 2.24. The Morgan fingerprint density at radius 2 is 1.91 bits per heavy atom. The number of carbonyl (C=O) groups excluding carboxylic acids is 1. The Bertz CT molecular complexity index is 810. The number of rotatable bonds is 3. The van der Waals surface area contributed by atoms with Gasteiger partial charge >= 0.3 is 5.97 Å². The van der Waals surface area contributed by atoms with E-state index in [9.17, 15) is 9.18 Å². The summed E-state index contributed by atoms with van der Waals surface area (Å²) >= 11 is 0. The third kappa shape index (κ3) is 3.34. The van der Waals surface area contributed by atoms with Crippen molar-refractivity contribution in [1.82, 2.24) is 0 Å². The number of esters is 1. The summed E-state index contributed by atoms with van der Waals surface area (Å²) in [5.74, 6) is -0.234. The minimum atomic E-state index is -0.604. The summed E-state index contributed by atoms with van der Waals surface area (Å²) in [5, 5.41) is 1.50. The number of allylic oxidation sites excluding steroid dienone is 1. The number of ether oxygens (including phenoxy) is 1. The second-order valence-electron chi connectivity index (χ2n) is 6.65. The molecule has 0 atom stereocenters. The molecule has 0 heterocycles. The molecule has 2 aromatic carbocycles. The first kappa shape index (κ1) is 16.9. The number of carbonyl (C=O) groups is 1. The van der Waals surface area contributed by atoms with Gasteiger partial charge in [-0.1, -0.05) is 30.9 Å². The van der Waals surface area contributed by atoms with Crippen LogP contribution >= 0.6 is 0 Å². The highest BCUT2D eigenvalue weighted by atomic mass is 19.1. The van der Waals surface area contributed by atoms with E-state index < -0.39 is 5.41 Å². The SMILES string of the molecule is C=Cc1c(F)ccc2cc(OC(=O)C(C)(C)C)cc(C(=C)C)c12. The summed E-state index contributed by atoms with van der Waals surface area (Å²) in [6.45, 7) is 14.9. The third-order valence-corrected chi connectivity index (χ3v) is 3.57. The van der Waals surface area contributed by atoms with E-state index >= 15 is 0 Å². The molecule has 0 amide bonds. The van der Waals surface area contributed by atoms with Crippen LogP contribution in [0.4, 0.5) is 4.39 Å². The Balaban J connectivity index is 2.69. The van der Waals surface area contributed by atoms with Crippen LogP contribution in [0, 0.1) is 11.2 Å². The van der Waals surface area contributed by atoms with Crippen molar-refractivity contribution < 1.29 is 13.9 Å². The van der Waals surface area contributed by atoms with Gasteiger partial charge in [0.05, 0.1) is 5.41 Å². The maximum atomic E-state index is 14.0. The Kier molecular flexibility index (Phi) is 4.42. The molecule has 0 aromatic heterocycles. The molecule has 2 rings (SSSR count). The zero-order valence-electron chi connectivity index (χ0n) is 14.0. The lowest BCUT2D eigenvalue weighted by Gasteiger charge is -2.18. The number of benzene rings is 2. The van der Waals surface area contributed by atoms with E-state index in [0.717, 1.165) is 21.9 Å². The van der Waals surface area contributed by atoms with E-state index in [-0.39, 0.29) is 11.8 Å². The standard InChI is InChI=1S/C20H21FO2/c1-7-15-17(21)9-8-13-10-14(23-19(22)20(4,5)6)11-16(12(2)3)18(13)15/h7-11H,1-2H2,3-6H3. The zero-order chi connectivity index (χ0) is 17.4. The minimum Gasteiger partial charge on any atom is -0.426 e. The fourth-order valence-corrected chi connectivity index (χ4v) is 2.30. The van der Waals surface area contributed by atoms with E-state index in [4.69, 9.17) is 4.74 Å². The van der Waals surface area contributed by atoms with Crippen LogP contribution in [-0.4, -0.2) is 5.97 Å². The number of hydrogen-bond donors (Lipinski definition) is 0. The third-order valence-electron chi connectivity index (χ3n) is 3.57. The van der Waals surface area contributed by atoms with E-state index in [1.807, 2.05) is 6.92 Å². The quantitative estimate of drug-likeness (QED) is 0.544. The van der Waals surface area contributed by atoms with Crippen LogP contribution in [0.1, 0.15) is 38.8 Å². The van der Waals surface area contributed by atoms with Gasteiger partial charge in [-0.25, -0.2) is 4.39 Å². The first-order chi connectivity index (χ1) is 10.6. The van der Waals surface area contributed by atoms with Crippen LogP contribution in [0.25, 0.3) is 22.4 Å². The maximum absolute atomic E-state index is 14.0. The van der Waals surface area contributed by atoms with Crippen LogP contribution in [0.5, 0.6) is 5.75 Å². The summed E-state index contributed by atoms with van der Waals surface area (Å²) in [7, 11) is 0. The molecule has 2 aromatic rings. The molecule has 0 N–H and O–H groups in total. The van der Waals surface area contributed by atoms with Crippen molar-refractivity contribution in [2.45, 2.75) is 27.7 Å². The molecule has 0 spiro atoms. The fourth-order valence-electron chi connectivity index (χ4n) is 2.30. The van der Waals surface area contributed by atoms with Crippen molar-refractivity contribution in [2.24, 2.45) is 5.41 Å². The van der Waals surface area contributed by atoms with Crippen molar-refractivity contribution in [3.05, 3.63) is 54.4 Å². The first-order valence-electron chi connectivity index (χ1n) is 7.42. The van der Waals surface area contributed by atoms with Crippen molar-refractivity contribution in [3.63, 3.8) is 0 Å². The first-order valence-corrected chi connectivity index (χ1v) is 7.42. The molecule has 0 fully saturated rings. The molecular formula is C20H21FO2. The smallest absolute Gasteiger partial charge is 0.316 e. The molecule has 3 heteroatoms. The monoisotopic (exact) mass is 312 g/mol. The molecule has 0 saturated heterocycles. The topological polar surface area (TPSA) is 26.3 Å². The molecular weight excluding hydrogens is 291 g/mol. The van der Waals surface area contributed by atoms with Crippen molar-refractivity contribution in [3.8, 4) is 5.75 Å². The van der Waals surface area contributed by atoms with Gasteiger partial charge in [-0.15, -0.1) is 0 Å². The van der Waals surface area contributed by atoms with Crippen LogP contribution in [0.2, 0.25) is 0 Å². The van der Waals surface area contributed by atoms with Gasteiger partial charge in [0.1, 0.15) is 11.6 Å². The van der Waals surface area contributed by atoms with E-state index in [1.54, 1.807) is 39.0 Å². The van der Waals surface area contributed by atoms with Gasteiger partial charge in [0.15, 0.2) is 0 Å². The zero-order valence-corrected chi connectivity index (χ0v) is 14.0. The van der Waals surface area contributed by atoms with Gasteiger partial charge < -0.3 is 4.74 Å². The molecule has 0 radical (unpaired) electrons. The summed E-state index contributed by atoms with van der Waals surface area (Å²) in [6.07, 6.45) is 1.49. The molecule has 120 valence electrons. The van der Waals surface area contributed by atoms with Gasteiger partial charge in [0.25, 0.3) is 0 Å². The molecule has 0 aliphatic carbocycles. The fraction of sp³-hybridized carbons (Fsp3) is 0.250. The second-order valence-corrected chi connectivity index (χ2v) is 6.65. The summed E-state index contributed by atoms with van der Waals surface area (Å²) < 4.78 is 19.5.